The maximum Gasteiger partial charge on any atom is 0.335 e. The number of rotatable bonds is 6. The Hall–Kier alpha value is -4.80. The van der Waals surface area contributed by atoms with Crippen LogP contribution in [0.25, 0.3) is 0 Å². The SMILES string of the molecule is Nc1ccc(C(=O)O)cc1N1C(=O)c2ccc3c4c2C(C=CC4C(=O)N(CCCC(=O)O)C3=O)C1=O. The van der Waals surface area contributed by atoms with Crippen LogP contribution < -0.4 is 10.6 Å². The average molecular weight is 489 g/mol. The highest BCUT2D eigenvalue weighted by Gasteiger charge is 2.48. The maximum absolute atomic E-state index is 13.5. The number of hydrogen-bond donors (Lipinski definition) is 3. The third-order valence-electron chi connectivity index (χ3n) is 6.62. The van der Waals surface area contributed by atoms with E-state index in [4.69, 9.17) is 10.8 Å². The summed E-state index contributed by atoms with van der Waals surface area (Å²) in [6.07, 6.45) is 2.88. The van der Waals surface area contributed by atoms with Crippen LogP contribution in [0.2, 0.25) is 0 Å². The summed E-state index contributed by atoms with van der Waals surface area (Å²) in [4.78, 5) is 77.5. The largest absolute Gasteiger partial charge is 0.481 e. The molecule has 2 heterocycles. The highest BCUT2D eigenvalue weighted by atomic mass is 16.4. The number of amides is 4. The summed E-state index contributed by atoms with van der Waals surface area (Å²) >= 11 is 0. The van der Waals surface area contributed by atoms with Crippen LogP contribution in [0.1, 0.15) is 66.9 Å². The number of imide groups is 2. The second kappa shape index (κ2) is 8.15. The van der Waals surface area contributed by atoms with Gasteiger partial charge in [0.15, 0.2) is 0 Å². The highest BCUT2D eigenvalue weighted by molar-refractivity contribution is 6.29. The number of carboxylic acid groups (broad SMARTS) is 2. The average Bonchev–Trinajstić information content (AvgIpc) is 2.84. The van der Waals surface area contributed by atoms with Gasteiger partial charge in [0.25, 0.3) is 11.8 Å². The molecular weight excluding hydrogens is 470 g/mol. The molecule has 0 radical (unpaired) electrons. The fourth-order valence-electron chi connectivity index (χ4n) is 4.98. The topological polar surface area (TPSA) is 175 Å². The molecule has 0 aromatic heterocycles. The van der Waals surface area contributed by atoms with Crippen molar-refractivity contribution in [3.8, 4) is 0 Å². The molecule has 5 rings (SSSR count). The van der Waals surface area contributed by atoms with Gasteiger partial charge in [0.1, 0.15) is 0 Å². The Morgan fingerprint density at radius 2 is 1.47 bits per heavy atom. The Morgan fingerprint density at radius 3 is 2.08 bits per heavy atom. The van der Waals surface area contributed by atoms with Gasteiger partial charge in [-0.05, 0) is 47.9 Å². The van der Waals surface area contributed by atoms with Crippen LogP contribution in [-0.2, 0) is 14.4 Å². The van der Waals surface area contributed by atoms with Crippen LogP contribution in [-0.4, -0.2) is 57.2 Å². The lowest BCUT2D eigenvalue weighted by atomic mass is 9.72. The molecule has 2 atom stereocenters. The van der Waals surface area contributed by atoms with Gasteiger partial charge in [0.2, 0.25) is 11.8 Å². The van der Waals surface area contributed by atoms with Crippen LogP contribution >= 0.6 is 0 Å². The number of carboxylic acids is 2. The lowest BCUT2D eigenvalue weighted by Gasteiger charge is -2.40. The fraction of sp³-hybridized carbons (Fsp3) is 0.200. The molecule has 4 N–H and O–H groups in total. The van der Waals surface area contributed by atoms with Crippen molar-refractivity contribution in [2.24, 2.45) is 0 Å². The number of nitrogen functional groups attached to an aromatic ring is 1. The molecule has 11 nitrogen and oxygen atoms in total. The molecule has 2 aromatic rings. The quantitative estimate of drug-likeness (QED) is 0.310. The predicted molar refractivity (Wildman–Crippen MR) is 124 cm³/mol. The minimum Gasteiger partial charge on any atom is -0.481 e. The van der Waals surface area contributed by atoms with Crippen molar-refractivity contribution >= 4 is 46.9 Å². The molecule has 0 saturated carbocycles. The van der Waals surface area contributed by atoms with Gasteiger partial charge in [-0.3, -0.25) is 28.9 Å². The van der Waals surface area contributed by atoms with E-state index in [0.29, 0.717) is 0 Å². The number of aromatic carboxylic acids is 1. The first-order valence-corrected chi connectivity index (χ1v) is 11.1. The minimum atomic E-state index is -1.26. The second-order valence-corrected chi connectivity index (χ2v) is 8.68. The van der Waals surface area contributed by atoms with Gasteiger partial charge < -0.3 is 15.9 Å². The summed E-state index contributed by atoms with van der Waals surface area (Å²) in [5.74, 6) is -6.80. The van der Waals surface area contributed by atoms with Crippen LogP contribution in [0.4, 0.5) is 11.4 Å². The third kappa shape index (κ3) is 3.28. The molecule has 182 valence electrons. The first-order valence-electron chi connectivity index (χ1n) is 11.1. The molecule has 0 bridgehead atoms. The molecule has 36 heavy (non-hydrogen) atoms. The van der Waals surface area contributed by atoms with E-state index in [1.165, 1.54) is 36.4 Å². The van der Waals surface area contributed by atoms with Gasteiger partial charge >= 0.3 is 11.9 Å². The van der Waals surface area contributed by atoms with Crippen molar-refractivity contribution in [3.05, 3.63) is 70.3 Å². The molecular formula is C25H19N3O8. The number of benzene rings is 2. The van der Waals surface area contributed by atoms with Gasteiger partial charge in [-0.15, -0.1) is 0 Å². The Balaban J connectivity index is 1.60. The fourth-order valence-corrected chi connectivity index (χ4v) is 4.98. The van der Waals surface area contributed by atoms with E-state index >= 15 is 0 Å². The van der Waals surface area contributed by atoms with Crippen LogP contribution in [0.3, 0.4) is 0 Å². The van der Waals surface area contributed by atoms with Crippen molar-refractivity contribution in [1.29, 1.82) is 0 Å². The monoisotopic (exact) mass is 489 g/mol. The Bertz CT molecular complexity index is 1440. The van der Waals surface area contributed by atoms with E-state index in [1.807, 2.05) is 0 Å². The number of aliphatic carboxylic acids is 1. The van der Waals surface area contributed by atoms with Crippen LogP contribution in [0.5, 0.6) is 0 Å². The third-order valence-corrected chi connectivity index (χ3v) is 6.62. The van der Waals surface area contributed by atoms with Gasteiger partial charge in [-0.1, -0.05) is 12.2 Å². The molecule has 0 fully saturated rings. The molecule has 2 aromatic carbocycles. The summed E-state index contributed by atoms with van der Waals surface area (Å²) in [7, 11) is 0. The molecule has 11 heteroatoms. The maximum atomic E-state index is 13.5. The smallest absolute Gasteiger partial charge is 0.335 e. The van der Waals surface area contributed by atoms with Crippen molar-refractivity contribution < 1.29 is 39.0 Å². The van der Waals surface area contributed by atoms with Gasteiger partial charge in [-0.2, -0.15) is 0 Å². The molecule has 0 saturated heterocycles. The number of nitrogens with two attached hydrogens (primary N) is 1. The van der Waals surface area contributed by atoms with Crippen molar-refractivity contribution in [3.63, 3.8) is 0 Å². The van der Waals surface area contributed by atoms with Crippen molar-refractivity contribution in [1.82, 2.24) is 4.90 Å². The first kappa shape index (κ1) is 23.0. The number of nitrogens with zero attached hydrogens (tertiary/aromatic N) is 2. The number of hydrogen-bond acceptors (Lipinski definition) is 7. The van der Waals surface area contributed by atoms with E-state index < -0.39 is 47.4 Å². The van der Waals surface area contributed by atoms with E-state index in [1.54, 1.807) is 0 Å². The summed E-state index contributed by atoms with van der Waals surface area (Å²) < 4.78 is 0. The molecule has 0 spiro atoms. The van der Waals surface area contributed by atoms with Crippen LogP contribution in [0, 0.1) is 0 Å². The molecule has 2 unspecified atom stereocenters. The summed E-state index contributed by atoms with van der Waals surface area (Å²) in [6.45, 7) is -0.0703. The Morgan fingerprint density at radius 1 is 0.861 bits per heavy atom. The zero-order valence-corrected chi connectivity index (χ0v) is 18.6. The number of carbonyl (C=O) groups is 6. The lowest BCUT2D eigenvalue weighted by molar-refractivity contribution is -0.138. The van der Waals surface area contributed by atoms with Crippen molar-refractivity contribution in [2.45, 2.75) is 24.7 Å². The molecule has 4 amide bonds. The Labute approximate surface area is 203 Å². The van der Waals surface area contributed by atoms with E-state index in [9.17, 15) is 33.9 Å². The predicted octanol–water partition coefficient (Wildman–Crippen LogP) is 1.74. The molecule has 1 aliphatic carbocycles. The zero-order valence-electron chi connectivity index (χ0n) is 18.6. The number of carbonyl (C=O) groups excluding carboxylic acids is 4. The zero-order chi connectivity index (χ0) is 25.9. The lowest BCUT2D eigenvalue weighted by Crippen LogP contribution is -2.50. The van der Waals surface area contributed by atoms with Gasteiger partial charge in [0.05, 0.1) is 28.8 Å². The minimum absolute atomic E-state index is 0.0307. The highest BCUT2D eigenvalue weighted by Crippen LogP contribution is 2.46. The summed E-state index contributed by atoms with van der Waals surface area (Å²) in [6, 6.07) is 6.52. The van der Waals surface area contributed by atoms with E-state index in [2.05, 4.69) is 0 Å². The molecule has 3 aliphatic rings. The number of anilines is 2. The first-order chi connectivity index (χ1) is 17.1. The normalized spacial score (nSPS) is 20.0. The Kier molecular flexibility index (Phi) is 5.20. The van der Waals surface area contributed by atoms with Gasteiger partial charge in [0, 0.05) is 24.1 Å². The van der Waals surface area contributed by atoms with Crippen molar-refractivity contribution in [2.75, 3.05) is 17.2 Å². The van der Waals surface area contributed by atoms with Gasteiger partial charge in [-0.25, -0.2) is 9.69 Å². The standard InChI is InChI=1S/C25H19N3O8/c26-16-8-3-11(25(35)36)10-17(16)28-23(33)14-6-4-12-19-13(5-7-15(20(14)19)24(28)34)22(32)27(21(12)31)9-1-2-18(29)30/h3-8,10,12,14H,1-2,9,26H2,(H,29,30)(H,35,36). The van der Waals surface area contributed by atoms with E-state index in [0.717, 1.165) is 15.9 Å². The second-order valence-electron chi connectivity index (χ2n) is 8.68. The molecule has 2 aliphatic heterocycles. The van der Waals surface area contributed by atoms with Crippen LogP contribution in [0.15, 0.2) is 42.5 Å². The summed E-state index contributed by atoms with van der Waals surface area (Å²) in [5, 5.41) is 18.2. The summed E-state index contributed by atoms with van der Waals surface area (Å²) in [5.41, 5.74) is 6.63. The van der Waals surface area contributed by atoms with E-state index in [-0.39, 0.29) is 58.6 Å².